The van der Waals surface area contributed by atoms with Crippen molar-refractivity contribution in [3.63, 3.8) is 0 Å². The van der Waals surface area contributed by atoms with Gasteiger partial charge in [-0.25, -0.2) is 0 Å². The number of halogens is 1. The maximum atomic E-state index is 4.16. The fourth-order valence-electron chi connectivity index (χ4n) is 1.37. The highest BCUT2D eigenvalue weighted by molar-refractivity contribution is 14.0. The summed E-state index contributed by atoms with van der Waals surface area (Å²) in [5.74, 6) is 0.888. The van der Waals surface area contributed by atoms with Crippen LogP contribution in [0, 0.1) is 0 Å². The smallest absolute Gasteiger partial charge is 0.191 e. The molecule has 5 heteroatoms. The van der Waals surface area contributed by atoms with Crippen molar-refractivity contribution in [2.24, 2.45) is 4.99 Å². The SMILES string of the molecule is CCCCN(C)CCNC(=NC)NC(C)C.I. The summed E-state index contributed by atoms with van der Waals surface area (Å²) in [6.45, 7) is 9.61. The molecule has 0 aliphatic rings. The summed E-state index contributed by atoms with van der Waals surface area (Å²) in [4.78, 5) is 6.51. The van der Waals surface area contributed by atoms with E-state index in [0.29, 0.717) is 6.04 Å². The number of rotatable bonds is 7. The van der Waals surface area contributed by atoms with Gasteiger partial charge in [0.1, 0.15) is 0 Å². The number of guanidine groups is 1. The minimum atomic E-state index is 0. The number of likely N-dealkylation sites (N-methyl/N-ethyl adjacent to an activating group) is 1. The largest absolute Gasteiger partial charge is 0.355 e. The third kappa shape index (κ3) is 12.2. The molecule has 104 valence electrons. The Balaban J connectivity index is 0. The van der Waals surface area contributed by atoms with E-state index in [9.17, 15) is 0 Å². The van der Waals surface area contributed by atoms with Crippen LogP contribution in [0.15, 0.2) is 4.99 Å². The van der Waals surface area contributed by atoms with E-state index >= 15 is 0 Å². The number of hydrogen-bond donors (Lipinski definition) is 2. The Morgan fingerprint density at radius 2 is 1.94 bits per heavy atom. The van der Waals surface area contributed by atoms with Crippen LogP contribution in [0.2, 0.25) is 0 Å². The lowest BCUT2D eigenvalue weighted by molar-refractivity contribution is 0.332. The molecule has 0 saturated heterocycles. The second kappa shape index (κ2) is 12.4. The van der Waals surface area contributed by atoms with E-state index in [4.69, 9.17) is 0 Å². The molecule has 0 aliphatic carbocycles. The minimum Gasteiger partial charge on any atom is -0.355 e. The number of aliphatic imine (C=N–C) groups is 1. The van der Waals surface area contributed by atoms with Gasteiger partial charge in [0.05, 0.1) is 0 Å². The molecule has 4 nitrogen and oxygen atoms in total. The van der Waals surface area contributed by atoms with Gasteiger partial charge >= 0.3 is 0 Å². The zero-order valence-electron chi connectivity index (χ0n) is 11.9. The zero-order valence-corrected chi connectivity index (χ0v) is 14.2. The first-order valence-corrected chi connectivity index (χ1v) is 6.25. The Kier molecular flexibility index (Phi) is 14.1. The van der Waals surface area contributed by atoms with E-state index in [1.165, 1.54) is 19.4 Å². The van der Waals surface area contributed by atoms with Crippen LogP contribution < -0.4 is 10.6 Å². The molecule has 0 aliphatic heterocycles. The predicted molar refractivity (Wildman–Crippen MR) is 87.5 cm³/mol. The van der Waals surface area contributed by atoms with E-state index in [1.807, 2.05) is 0 Å². The lowest BCUT2D eigenvalue weighted by Gasteiger charge is -2.18. The first kappa shape index (κ1) is 19.3. The van der Waals surface area contributed by atoms with E-state index < -0.39 is 0 Å². The molecule has 0 amide bonds. The first-order valence-electron chi connectivity index (χ1n) is 6.25. The van der Waals surface area contributed by atoms with Crippen LogP contribution in [-0.4, -0.2) is 50.6 Å². The summed E-state index contributed by atoms with van der Waals surface area (Å²) >= 11 is 0. The summed E-state index contributed by atoms with van der Waals surface area (Å²) in [6.07, 6.45) is 2.53. The first-order chi connectivity index (χ1) is 7.60. The number of unbranched alkanes of at least 4 members (excludes halogenated alkanes) is 1. The van der Waals surface area contributed by atoms with Gasteiger partial charge in [-0.3, -0.25) is 4.99 Å². The molecular formula is C12H29IN4. The molecule has 0 bridgehead atoms. The van der Waals surface area contributed by atoms with Gasteiger partial charge in [-0.05, 0) is 33.9 Å². The van der Waals surface area contributed by atoms with Crippen LogP contribution in [-0.2, 0) is 0 Å². The molecule has 2 N–H and O–H groups in total. The molecule has 17 heavy (non-hydrogen) atoms. The summed E-state index contributed by atoms with van der Waals surface area (Å²) in [5.41, 5.74) is 0. The highest BCUT2D eigenvalue weighted by Gasteiger charge is 2.00. The summed E-state index contributed by atoms with van der Waals surface area (Å²) < 4.78 is 0. The van der Waals surface area contributed by atoms with Gasteiger partial charge in [-0.15, -0.1) is 24.0 Å². The van der Waals surface area contributed by atoms with Crippen molar-refractivity contribution in [3.05, 3.63) is 0 Å². The molecule has 0 fully saturated rings. The quantitative estimate of drug-likeness (QED) is 0.416. The monoisotopic (exact) mass is 356 g/mol. The molecule has 0 saturated carbocycles. The zero-order chi connectivity index (χ0) is 12.4. The van der Waals surface area contributed by atoms with Crippen LogP contribution in [0.3, 0.4) is 0 Å². The van der Waals surface area contributed by atoms with Crippen molar-refractivity contribution in [2.45, 2.75) is 39.7 Å². The molecule has 0 rings (SSSR count). The van der Waals surface area contributed by atoms with E-state index in [0.717, 1.165) is 19.0 Å². The van der Waals surface area contributed by atoms with Gasteiger partial charge in [0.25, 0.3) is 0 Å². The molecule has 0 spiro atoms. The van der Waals surface area contributed by atoms with Crippen molar-refractivity contribution in [2.75, 3.05) is 33.7 Å². The number of nitrogens with one attached hydrogen (secondary N) is 2. The van der Waals surface area contributed by atoms with E-state index in [-0.39, 0.29) is 24.0 Å². The van der Waals surface area contributed by atoms with E-state index in [2.05, 4.69) is 48.3 Å². The van der Waals surface area contributed by atoms with Crippen molar-refractivity contribution in [3.8, 4) is 0 Å². The number of nitrogens with zero attached hydrogens (tertiary/aromatic N) is 2. The Hall–Kier alpha value is -0.0400. The molecule has 0 aromatic rings. The van der Waals surface area contributed by atoms with Crippen molar-refractivity contribution in [1.29, 1.82) is 0 Å². The average molecular weight is 356 g/mol. The lowest BCUT2D eigenvalue weighted by atomic mass is 10.3. The van der Waals surface area contributed by atoms with Crippen molar-refractivity contribution in [1.82, 2.24) is 15.5 Å². The molecule has 0 radical (unpaired) electrons. The van der Waals surface area contributed by atoms with Gasteiger partial charge in [-0.1, -0.05) is 13.3 Å². The van der Waals surface area contributed by atoms with Crippen LogP contribution in [0.5, 0.6) is 0 Å². The summed E-state index contributed by atoms with van der Waals surface area (Å²) in [6, 6.07) is 0.420. The van der Waals surface area contributed by atoms with Gasteiger partial charge < -0.3 is 15.5 Å². The van der Waals surface area contributed by atoms with Gasteiger partial charge in [0.2, 0.25) is 0 Å². The third-order valence-electron chi connectivity index (χ3n) is 2.33. The third-order valence-corrected chi connectivity index (χ3v) is 2.33. The van der Waals surface area contributed by atoms with Crippen LogP contribution in [0.4, 0.5) is 0 Å². The Morgan fingerprint density at radius 3 is 2.41 bits per heavy atom. The Morgan fingerprint density at radius 1 is 1.29 bits per heavy atom. The standard InChI is InChI=1S/C12H28N4.HI/c1-6-7-9-16(5)10-8-14-12(13-4)15-11(2)3;/h11H,6-10H2,1-5H3,(H2,13,14,15);1H. The molecule has 0 unspecified atom stereocenters. The van der Waals surface area contributed by atoms with Crippen molar-refractivity contribution < 1.29 is 0 Å². The normalized spacial score (nSPS) is 11.6. The van der Waals surface area contributed by atoms with Gasteiger partial charge in [-0.2, -0.15) is 0 Å². The Bertz CT molecular complexity index is 195. The summed E-state index contributed by atoms with van der Waals surface area (Å²) in [7, 11) is 3.97. The fraction of sp³-hybridized carbons (Fsp3) is 0.917. The van der Waals surface area contributed by atoms with Crippen molar-refractivity contribution >= 4 is 29.9 Å². The molecule has 0 atom stereocenters. The molecular weight excluding hydrogens is 327 g/mol. The predicted octanol–water partition coefficient (Wildman–Crippen LogP) is 1.91. The molecule has 0 heterocycles. The van der Waals surface area contributed by atoms with E-state index in [1.54, 1.807) is 7.05 Å². The second-order valence-electron chi connectivity index (χ2n) is 4.45. The highest BCUT2D eigenvalue weighted by Crippen LogP contribution is 1.90. The second-order valence-corrected chi connectivity index (χ2v) is 4.45. The minimum absolute atomic E-state index is 0. The maximum absolute atomic E-state index is 4.16. The van der Waals surface area contributed by atoms with Crippen LogP contribution in [0.25, 0.3) is 0 Å². The highest BCUT2D eigenvalue weighted by atomic mass is 127. The van der Waals surface area contributed by atoms with Crippen LogP contribution in [0.1, 0.15) is 33.6 Å². The number of hydrogen-bond acceptors (Lipinski definition) is 2. The fourth-order valence-corrected chi connectivity index (χ4v) is 1.37. The van der Waals surface area contributed by atoms with Crippen LogP contribution >= 0.6 is 24.0 Å². The van der Waals surface area contributed by atoms with Gasteiger partial charge in [0.15, 0.2) is 5.96 Å². The molecule has 0 aromatic heterocycles. The van der Waals surface area contributed by atoms with Gasteiger partial charge in [0, 0.05) is 26.2 Å². The molecule has 0 aromatic carbocycles. The average Bonchev–Trinajstić information content (AvgIpc) is 2.24. The summed E-state index contributed by atoms with van der Waals surface area (Å²) in [5, 5.41) is 6.57. The topological polar surface area (TPSA) is 39.7 Å². The Labute approximate surface area is 124 Å². The maximum Gasteiger partial charge on any atom is 0.191 e. The lowest BCUT2D eigenvalue weighted by Crippen LogP contribution is -2.43.